The quantitative estimate of drug-likeness (QED) is 0.298. The van der Waals surface area contributed by atoms with Crippen molar-refractivity contribution < 1.29 is 4.74 Å². The number of aryl methyl sites for hydroxylation is 1. The zero-order valence-corrected chi connectivity index (χ0v) is 22.1. The summed E-state index contributed by atoms with van der Waals surface area (Å²) in [7, 11) is -1.87. The first-order valence-corrected chi connectivity index (χ1v) is 15.4. The fourth-order valence-electron chi connectivity index (χ4n) is 6.09. The van der Waals surface area contributed by atoms with Crippen molar-refractivity contribution in [2.24, 2.45) is 11.8 Å². The molecule has 31 heavy (non-hydrogen) atoms. The molecular formula is C29H44OSi. The molecule has 1 saturated carbocycles. The molecule has 2 aliphatic rings. The highest BCUT2D eigenvalue weighted by Gasteiger charge is 2.49. The third kappa shape index (κ3) is 4.95. The predicted molar refractivity (Wildman–Crippen MR) is 139 cm³/mol. The first-order valence-electron chi connectivity index (χ1n) is 12.4. The highest BCUT2D eigenvalue weighted by molar-refractivity contribution is 6.92. The maximum absolute atomic E-state index is 6.48. The molecule has 0 aliphatic heterocycles. The van der Waals surface area contributed by atoms with E-state index in [9.17, 15) is 0 Å². The summed E-state index contributed by atoms with van der Waals surface area (Å²) in [5, 5.41) is 1.52. The van der Waals surface area contributed by atoms with E-state index >= 15 is 0 Å². The Morgan fingerprint density at radius 1 is 1.23 bits per heavy atom. The second kappa shape index (κ2) is 9.53. The van der Waals surface area contributed by atoms with Crippen LogP contribution < -0.4 is 9.92 Å². The van der Waals surface area contributed by atoms with E-state index in [1.165, 1.54) is 48.4 Å². The molecule has 170 valence electrons. The van der Waals surface area contributed by atoms with Crippen molar-refractivity contribution in [2.75, 3.05) is 6.61 Å². The molecular weight excluding hydrogens is 392 g/mol. The third-order valence-electron chi connectivity index (χ3n) is 7.52. The maximum atomic E-state index is 6.48. The third-order valence-corrected chi connectivity index (χ3v) is 11.6. The Morgan fingerprint density at radius 2 is 1.97 bits per heavy atom. The fourth-order valence-corrected chi connectivity index (χ4v) is 10.5. The minimum Gasteiger partial charge on any atom is -0.489 e. The standard InChI is InChI=1S/C29H44OSi/c1-9-11-14-23-20-22-15-12-13-16-24(22)28(23)31(7,8)26-19-21(3)18-25(29(4,5)6)27(26)30-17-10-2/h10,12-13,16,18-19,22-23,28H,2,9,11,14-15,17,20H2,1,3-8H3. The van der Waals surface area contributed by atoms with Crippen molar-refractivity contribution in [3.8, 4) is 5.75 Å². The van der Waals surface area contributed by atoms with Gasteiger partial charge in [0.05, 0.1) is 8.07 Å². The lowest BCUT2D eigenvalue weighted by Gasteiger charge is -2.39. The summed E-state index contributed by atoms with van der Waals surface area (Å²) in [6.07, 6.45) is 15.7. The highest BCUT2D eigenvalue weighted by atomic mass is 28.3. The number of rotatable bonds is 8. The van der Waals surface area contributed by atoms with Crippen LogP contribution in [0, 0.1) is 18.8 Å². The number of allylic oxidation sites excluding steroid dienone is 4. The van der Waals surface area contributed by atoms with Crippen molar-refractivity contribution in [2.45, 2.75) is 90.8 Å². The molecule has 0 spiro atoms. The van der Waals surface area contributed by atoms with Crippen molar-refractivity contribution in [3.63, 3.8) is 0 Å². The van der Waals surface area contributed by atoms with Crippen molar-refractivity contribution in [3.05, 3.63) is 59.7 Å². The summed E-state index contributed by atoms with van der Waals surface area (Å²) in [5.41, 5.74) is 5.21. The van der Waals surface area contributed by atoms with Crippen LogP contribution in [0.25, 0.3) is 0 Å². The molecule has 2 heteroatoms. The molecule has 1 aromatic carbocycles. The monoisotopic (exact) mass is 436 g/mol. The molecule has 0 saturated heterocycles. The van der Waals surface area contributed by atoms with Gasteiger partial charge in [0, 0.05) is 0 Å². The summed E-state index contributed by atoms with van der Waals surface area (Å²) in [6, 6.07) is 4.81. The van der Waals surface area contributed by atoms with Gasteiger partial charge in [0.25, 0.3) is 0 Å². The van der Waals surface area contributed by atoms with Gasteiger partial charge in [-0.3, -0.25) is 0 Å². The van der Waals surface area contributed by atoms with E-state index in [0.717, 1.165) is 17.6 Å². The molecule has 1 fully saturated rings. The molecule has 3 unspecified atom stereocenters. The molecule has 2 aliphatic carbocycles. The van der Waals surface area contributed by atoms with Gasteiger partial charge in [-0.2, -0.15) is 0 Å². The van der Waals surface area contributed by atoms with Crippen LogP contribution in [-0.2, 0) is 5.41 Å². The van der Waals surface area contributed by atoms with Crippen LogP contribution in [0.2, 0.25) is 18.6 Å². The van der Waals surface area contributed by atoms with Crippen LogP contribution in [0.1, 0.15) is 70.9 Å². The summed E-state index contributed by atoms with van der Waals surface area (Å²) in [5.74, 6) is 2.72. The lowest BCUT2D eigenvalue weighted by molar-refractivity contribution is 0.353. The van der Waals surface area contributed by atoms with Gasteiger partial charge in [-0.1, -0.05) is 114 Å². The van der Waals surface area contributed by atoms with E-state index in [1.807, 2.05) is 6.08 Å². The first-order chi connectivity index (χ1) is 14.6. The van der Waals surface area contributed by atoms with Gasteiger partial charge >= 0.3 is 0 Å². The predicted octanol–water partition coefficient (Wildman–Crippen LogP) is 7.86. The average Bonchev–Trinajstić information content (AvgIpc) is 3.09. The number of benzene rings is 1. The first kappa shape index (κ1) is 24.1. The molecule has 1 aromatic rings. The van der Waals surface area contributed by atoms with E-state index in [0.29, 0.717) is 12.1 Å². The van der Waals surface area contributed by atoms with Gasteiger partial charge in [0.2, 0.25) is 0 Å². The fraction of sp³-hybridized carbons (Fsp3) is 0.586. The van der Waals surface area contributed by atoms with E-state index in [2.05, 4.69) is 84.7 Å². The van der Waals surface area contributed by atoms with E-state index in [4.69, 9.17) is 4.74 Å². The van der Waals surface area contributed by atoms with Gasteiger partial charge < -0.3 is 4.74 Å². The summed E-state index contributed by atoms with van der Waals surface area (Å²) >= 11 is 0. The molecule has 0 N–H and O–H groups in total. The van der Waals surface area contributed by atoms with E-state index in [-0.39, 0.29) is 5.41 Å². The van der Waals surface area contributed by atoms with Crippen LogP contribution in [-0.4, -0.2) is 14.7 Å². The minimum atomic E-state index is -1.87. The Labute approximate surface area is 192 Å². The van der Waals surface area contributed by atoms with Gasteiger partial charge in [0.1, 0.15) is 12.4 Å². The molecule has 3 atom stereocenters. The summed E-state index contributed by atoms with van der Waals surface area (Å²) in [4.78, 5) is 0. The average molecular weight is 437 g/mol. The topological polar surface area (TPSA) is 9.23 Å². The van der Waals surface area contributed by atoms with E-state index < -0.39 is 8.07 Å². The van der Waals surface area contributed by atoms with Crippen molar-refractivity contribution in [1.29, 1.82) is 0 Å². The van der Waals surface area contributed by atoms with Gasteiger partial charge in [0.15, 0.2) is 0 Å². The molecule has 0 aromatic heterocycles. The van der Waals surface area contributed by atoms with Crippen molar-refractivity contribution in [1.82, 2.24) is 0 Å². The summed E-state index contributed by atoms with van der Waals surface area (Å²) in [6.45, 7) is 21.2. The SMILES string of the molecule is C=CCOc1c(C(C)(C)C)cc(C)cc1[Si](C)(C)C1C2=CC=CCC2CC1CCCC. The molecule has 0 radical (unpaired) electrons. The Morgan fingerprint density at radius 3 is 2.61 bits per heavy atom. The van der Waals surface area contributed by atoms with Gasteiger partial charge in [-0.05, 0) is 53.3 Å². The van der Waals surface area contributed by atoms with E-state index in [1.54, 1.807) is 5.57 Å². The Hall–Kier alpha value is -1.54. The Balaban J connectivity index is 2.16. The number of hydrogen-bond donors (Lipinski definition) is 0. The Bertz CT molecular complexity index is 852. The van der Waals surface area contributed by atoms with Crippen LogP contribution >= 0.6 is 0 Å². The van der Waals surface area contributed by atoms with Crippen LogP contribution in [0.3, 0.4) is 0 Å². The Kier molecular flexibility index (Phi) is 7.41. The smallest absolute Gasteiger partial charge is 0.122 e. The molecule has 3 rings (SSSR count). The zero-order chi connectivity index (χ0) is 22.8. The lowest BCUT2D eigenvalue weighted by Crippen LogP contribution is -2.49. The molecule has 0 heterocycles. The van der Waals surface area contributed by atoms with Crippen LogP contribution in [0.4, 0.5) is 0 Å². The number of fused-ring (bicyclic) bond motifs is 1. The van der Waals surface area contributed by atoms with Crippen LogP contribution in [0.5, 0.6) is 5.75 Å². The van der Waals surface area contributed by atoms with Crippen LogP contribution in [0.15, 0.2) is 48.6 Å². The maximum Gasteiger partial charge on any atom is 0.122 e. The molecule has 0 amide bonds. The molecule has 0 bridgehead atoms. The highest BCUT2D eigenvalue weighted by Crippen LogP contribution is 2.55. The summed E-state index contributed by atoms with van der Waals surface area (Å²) < 4.78 is 6.48. The second-order valence-electron chi connectivity index (χ2n) is 11.4. The largest absolute Gasteiger partial charge is 0.489 e. The second-order valence-corrected chi connectivity index (χ2v) is 16.0. The molecule has 1 nitrogen and oxygen atoms in total. The number of unbranched alkanes of at least 4 members (excludes halogenated alkanes) is 1. The minimum absolute atomic E-state index is 0.0500. The number of ether oxygens (including phenoxy) is 1. The van der Waals surface area contributed by atoms with Gasteiger partial charge in [-0.15, -0.1) is 0 Å². The van der Waals surface area contributed by atoms with Crippen molar-refractivity contribution >= 4 is 13.3 Å². The zero-order valence-electron chi connectivity index (χ0n) is 21.1. The normalized spacial score (nSPS) is 23.5. The number of hydrogen-bond acceptors (Lipinski definition) is 1. The van der Waals surface area contributed by atoms with Gasteiger partial charge in [-0.25, -0.2) is 0 Å². The lowest BCUT2D eigenvalue weighted by atomic mass is 9.85.